The van der Waals surface area contributed by atoms with Gasteiger partial charge in [0.2, 0.25) is 0 Å². The molecule has 1 saturated carbocycles. The van der Waals surface area contributed by atoms with E-state index in [9.17, 15) is 0 Å². The SMILES string of the molecule is CCCN(c1ccc(CNC(C)(C)C)cc1)C1CC1. The van der Waals surface area contributed by atoms with Crippen molar-refractivity contribution in [3.8, 4) is 0 Å². The van der Waals surface area contributed by atoms with Crippen LogP contribution >= 0.6 is 0 Å². The molecule has 19 heavy (non-hydrogen) atoms. The van der Waals surface area contributed by atoms with Crippen molar-refractivity contribution in [1.29, 1.82) is 0 Å². The van der Waals surface area contributed by atoms with E-state index in [4.69, 9.17) is 0 Å². The van der Waals surface area contributed by atoms with Crippen LogP contribution < -0.4 is 10.2 Å². The van der Waals surface area contributed by atoms with Gasteiger partial charge in [-0.3, -0.25) is 0 Å². The molecule has 106 valence electrons. The van der Waals surface area contributed by atoms with Crippen LogP contribution in [-0.2, 0) is 6.54 Å². The van der Waals surface area contributed by atoms with Gasteiger partial charge in [0.1, 0.15) is 0 Å². The molecule has 1 aromatic rings. The van der Waals surface area contributed by atoms with Crippen molar-refractivity contribution in [3.63, 3.8) is 0 Å². The fourth-order valence-corrected chi connectivity index (χ4v) is 2.32. The number of rotatable bonds is 6. The minimum atomic E-state index is 0.181. The summed E-state index contributed by atoms with van der Waals surface area (Å²) in [5.74, 6) is 0. The van der Waals surface area contributed by atoms with E-state index in [1.807, 2.05) is 0 Å². The Kier molecular flexibility index (Phi) is 4.51. The van der Waals surface area contributed by atoms with Crippen molar-refractivity contribution in [2.24, 2.45) is 0 Å². The summed E-state index contributed by atoms with van der Waals surface area (Å²) < 4.78 is 0. The molecule has 0 unspecified atom stereocenters. The molecule has 1 aliphatic rings. The maximum Gasteiger partial charge on any atom is 0.0368 e. The molecule has 0 aliphatic heterocycles. The van der Waals surface area contributed by atoms with Crippen LogP contribution in [0.1, 0.15) is 52.5 Å². The molecular formula is C17H28N2. The summed E-state index contributed by atoms with van der Waals surface area (Å²) in [5.41, 5.74) is 2.94. The molecule has 2 rings (SSSR count). The van der Waals surface area contributed by atoms with Gasteiger partial charge in [-0.05, 0) is 57.7 Å². The summed E-state index contributed by atoms with van der Waals surface area (Å²) in [4.78, 5) is 2.57. The number of nitrogens with one attached hydrogen (secondary N) is 1. The standard InChI is InChI=1S/C17H28N2/c1-5-12-19(16-10-11-16)15-8-6-14(7-9-15)13-18-17(2,3)4/h6-9,16,18H,5,10-13H2,1-4H3. The molecular weight excluding hydrogens is 232 g/mol. The molecule has 0 aromatic heterocycles. The number of nitrogens with zero attached hydrogens (tertiary/aromatic N) is 1. The molecule has 1 N–H and O–H groups in total. The van der Waals surface area contributed by atoms with E-state index < -0.39 is 0 Å². The molecule has 1 fully saturated rings. The highest BCUT2D eigenvalue weighted by Crippen LogP contribution is 2.31. The molecule has 0 amide bonds. The minimum Gasteiger partial charge on any atom is -0.369 e. The van der Waals surface area contributed by atoms with Gasteiger partial charge in [0.25, 0.3) is 0 Å². The van der Waals surface area contributed by atoms with Gasteiger partial charge in [0, 0.05) is 30.4 Å². The van der Waals surface area contributed by atoms with E-state index in [0.29, 0.717) is 0 Å². The van der Waals surface area contributed by atoms with E-state index in [0.717, 1.165) is 12.6 Å². The van der Waals surface area contributed by atoms with E-state index in [-0.39, 0.29) is 5.54 Å². The zero-order valence-corrected chi connectivity index (χ0v) is 12.9. The van der Waals surface area contributed by atoms with Crippen LogP contribution in [0, 0.1) is 0 Å². The summed E-state index contributed by atoms with van der Waals surface area (Å²) >= 11 is 0. The first-order valence-electron chi connectivity index (χ1n) is 7.60. The first-order chi connectivity index (χ1) is 8.99. The summed E-state index contributed by atoms with van der Waals surface area (Å²) in [5, 5.41) is 3.53. The third-order valence-electron chi connectivity index (χ3n) is 3.54. The lowest BCUT2D eigenvalue weighted by atomic mass is 10.1. The molecule has 0 bridgehead atoms. The second kappa shape index (κ2) is 5.96. The first-order valence-corrected chi connectivity index (χ1v) is 7.60. The molecule has 0 radical (unpaired) electrons. The Morgan fingerprint density at radius 3 is 2.26 bits per heavy atom. The van der Waals surface area contributed by atoms with Gasteiger partial charge in [-0.15, -0.1) is 0 Å². The quantitative estimate of drug-likeness (QED) is 0.833. The van der Waals surface area contributed by atoms with E-state index in [2.05, 4.69) is 62.2 Å². The summed E-state index contributed by atoms with van der Waals surface area (Å²) in [6.07, 6.45) is 3.96. The maximum atomic E-state index is 3.53. The summed E-state index contributed by atoms with van der Waals surface area (Å²) in [6.45, 7) is 11.0. The first kappa shape index (κ1) is 14.4. The average molecular weight is 260 g/mol. The van der Waals surface area contributed by atoms with Crippen LogP contribution in [0.2, 0.25) is 0 Å². The highest BCUT2D eigenvalue weighted by Gasteiger charge is 2.28. The zero-order chi connectivity index (χ0) is 13.9. The van der Waals surface area contributed by atoms with Gasteiger partial charge in [-0.2, -0.15) is 0 Å². The Balaban J connectivity index is 1.96. The maximum absolute atomic E-state index is 3.53. The third kappa shape index (κ3) is 4.54. The Labute approximate surface area is 118 Å². The molecule has 0 saturated heterocycles. The molecule has 0 atom stereocenters. The molecule has 1 aromatic carbocycles. The molecule has 2 heteroatoms. The van der Waals surface area contributed by atoms with Crippen LogP contribution in [0.3, 0.4) is 0 Å². The van der Waals surface area contributed by atoms with Crippen molar-refractivity contribution in [2.75, 3.05) is 11.4 Å². The van der Waals surface area contributed by atoms with Gasteiger partial charge >= 0.3 is 0 Å². The minimum absolute atomic E-state index is 0.181. The Hall–Kier alpha value is -1.02. The molecule has 0 heterocycles. The molecule has 1 aliphatic carbocycles. The van der Waals surface area contributed by atoms with Crippen molar-refractivity contribution in [2.45, 2.75) is 65.1 Å². The number of hydrogen-bond donors (Lipinski definition) is 1. The van der Waals surface area contributed by atoms with Gasteiger partial charge in [-0.25, -0.2) is 0 Å². The largest absolute Gasteiger partial charge is 0.369 e. The van der Waals surface area contributed by atoms with Crippen molar-refractivity contribution < 1.29 is 0 Å². The number of anilines is 1. The van der Waals surface area contributed by atoms with E-state index >= 15 is 0 Å². The van der Waals surface area contributed by atoms with Crippen molar-refractivity contribution >= 4 is 5.69 Å². The number of hydrogen-bond acceptors (Lipinski definition) is 2. The lowest BCUT2D eigenvalue weighted by molar-refractivity contribution is 0.424. The number of benzene rings is 1. The highest BCUT2D eigenvalue weighted by atomic mass is 15.2. The van der Waals surface area contributed by atoms with Crippen molar-refractivity contribution in [1.82, 2.24) is 5.32 Å². The molecule has 2 nitrogen and oxygen atoms in total. The lowest BCUT2D eigenvalue weighted by Crippen LogP contribution is -2.35. The van der Waals surface area contributed by atoms with E-state index in [1.165, 1.54) is 37.1 Å². The second-order valence-corrected chi connectivity index (χ2v) is 6.69. The summed E-state index contributed by atoms with van der Waals surface area (Å²) in [7, 11) is 0. The highest BCUT2D eigenvalue weighted by molar-refractivity contribution is 5.49. The Bertz CT molecular complexity index is 385. The fourth-order valence-electron chi connectivity index (χ4n) is 2.32. The van der Waals surface area contributed by atoms with Gasteiger partial charge in [-0.1, -0.05) is 19.1 Å². The van der Waals surface area contributed by atoms with Crippen LogP contribution in [0.4, 0.5) is 5.69 Å². The van der Waals surface area contributed by atoms with Crippen molar-refractivity contribution in [3.05, 3.63) is 29.8 Å². The van der Waals surface area contributed by atoms with Gasteiger partial charge in [0.05, 0.1) is 0 Å². The normalized spacial score (nSPS) is 15.6. The van der Waals surface area contributed by atoms with Crippen LogP contribution in [0.5, 0.6) is 0 Å². The van der Waals surface area contributed by atoms with Crippen LogP contribution in [-0.4, -0.2) is 18.1 Å². The van der Waals surface area contributed by atoms with Crippen LogP contribution in [0.15, 0.2) is 24.3 Å². The van der Waals surface area contributed by atoms with Gasteiger partial charge < -0.3 is 10.2 Å². The van der Waals surface area contributed by atoms with E-state index in [1.54, 1.807) is 0 Å². The topological polar surface area (TPSA) is 15.3 Å². The predicted octanol–water partition coefficient (Wildman–Crippen LogP) is 3.95. The fraction of sp³-hybridized carbons (Fsp3) is 0.647. The van der Waals surface area contributed by atoms with Crippen LogP contribution in [0.25, 0.3) is 0 Å². The lowest BCUT2D eigenvalue weighted by Gasteiger charge is -2.25. The zero-order valence-electron chi connectivity index (χ0n) is 12.9. The molecule has 0 spiro atoms. The second-order valence-electron chi connectivity index (χ2n) is 6.69. The van der Waals surface area contributed by atoms with Gasteiger partial charge in [0.15, 0.2) is 0 Å². The summed E-state index contributed by atoms with van der Waals surface area (Å²) in [6, 6.07) is 9.90. The monoisotopic (exact) mass is 260 g/mol. The Morgan fingerprint density at radius 2 is 1.79 bits per heavy atom. The predicted molar refractivity (Wildman–Crippen MR) is 83.7 cm³/mol. The average Bonchev–Trinajstić information content (AvgIpc) is 3.18. The third-order valence-corrected chi connectivity index (χ3v) is 3.54. The Morgan fingerprint density at radius 1 is 1.16 bits per heavy atom. The smallest absolute Gasteiger partial charge is 0.0368 e.